The third-order valence-corrected chi connectivity index (χ3v) is 2.28. The average Bonchev–Trinajstić information content (AvgIpc) is 2.50. The summed E-state index contributed by atoms with van der Waals surface area (Å²) in [4.78, 5) is 4.08. The summed E-state index contributed by atoms with van der Waals surface area (Å²) in [5, 5.41) is 0. The van der Waals surface area contributed by atoms with Crippen molar-refractivity contribution in [3.63, 3.8) is 0 Å². The molecule has 0 saturated carbocycles. The second kappa shape index (κ2) is 3.38. The number of aryl methyl sites for hydroxylation is 2. The number of nitrogens with two attached hydrogens (primary N) is 1. The van der Waals surface area contributed by atoms with Crippen LogP contribution in [0.1, 0.15) is 11.3 Å². The molecule has 0 aliphatic heterocycles. The lowest BCUT2D eigenvalue weighted by molar-refractivity contribution is 0.626. The van der Waals surface area contributed by atoms with E-state index in [1.54, 1.807) is 16.8 Å². The van der Waals surface area contributed by atoms with E-state index in [0.717, 1.165) is 16.9 Å². The van der Waals surface area contributed by atoms with Crippen molar-refractivity contribution < 1.29 is 4.39 Å². The Morgan fingerprint density at radius 1 is 1.33 bits per heavy atom. The maximum Gasteiger partial charge on any atom is 0.205 e. The number of aromatic nitrogens is 2. The number of hydrogen-bond donors (Lipinski definition) is 1. The minimum absolute atomic E-state index is 0.277. The molecule has 15 heavy (non-hydrogen) atoms. The Labute approximate surface area is 87.4 Å². The monoisotopic (exact) mass is 205 g/mol. The Morgan fingerprint density at radius 3 is 2.67 bits per heavy atom. The first kappa shape index (κ1) is 9.71. The third-order valence-electron chi connectivity index (χ3n) is 2.28. The highest BCUT2D eigenvalue weighted by atomic mass is 19.1. The molecule has 0 radical (unpaired) electrons. The van der Waals surface area contributed by atoms with E-state index in [0.29, 0.717) is 5.95 Å². The zero-order chi connectivity index (χ0) is 11.0. The van der Waals surface area contributed by atoms with Crippen LogP contribution >= 0.6 is 0 Å². The molecule has 1 aromatic heterocycles. The van der Waals surface area contributed by atoms with Gasteiger partial charge in [-0.15, -0.1) is 0 Å². The van der Waals surface area contributed by atoms with Crippen LogP contribution in [0.5, 0.6) is 0 Å². The second-order valence-corrected chi connectivity index (χ2v) is 3.54. The van der Waals surface area contributed by atoms with Crippen molar-refractivity contribution in [3.05, 3.63) is 41.5 Å². The molecule has 0 fully saturated rings. The summed E-state index contributed by atoms with van der Waals surface area (Å²) >= 11 is 0. The van der Waals surface area contributed by atoms with Crippen molar-refractivity contribution in [2.45, 2.75) is 13.8 Å². The summed E-state index contributed by atoms with van der Waals surface area (Å²) in [6.07, 6.45) is 1.79. The van der Waals surface area contributed by atoms with Crippen LogP contribution in [-0.2, 0) is 0 Å². The second-order valence-electron chi connectivity index (χ2n) is 3.54. The first-order valence-corrected chi connectivity index (χ1v) is 4.66. The summed E-state index contributed by atoms with van der Waals surface area (Å²) in [5.41, 5.74) is 8.23. The van der Waals surface area contributed by atoms with E-state index in [9.17, 15) is 4.39 Å². The molecular weight excluding hydrogens is 193 g/mol. The van der Waals surface area contributed by atoms with Crippen molar-refractivity contribution in [1.82, 2.24) is 9.55 Å². The van der Waals surface area contributed by atoms with Crippen molar-refractivity contribution >= 4 is 5.95 Å². The van der Waals surface area contributed by atoms with Gasteiger partial charge >= 0.3 is 0 Å². The summed E-state index contributed by atoms with van der Waals surface area (Å²) in [6, 6.07) is 4.60. The zero-order valence-corrected chi connectivity index (χ0v) is 8.66. The molecule has 78 valence electrons. The van der Waals surface area contributed by atoms with Gasteiger partial charge in [0.1, 0.15) is 5.82 Å². The van der Waals surface area contributed by atoms with Gasteiger partial charge in [0.25, 0.3) is 0 Å². The lowest BCUT2D eigenvalue weighted by atomic mass is 10.2. The predicted molar refractivity (Wildman–Crippen MR) is 57.4 cm³/mol. The summed E-state index contributed by atoms with van der Waals surface area (Å²) < 4.78 is 14.8. The van der Waals surface area contributed by atoms with E-state index in [1.165, 1.54) is 12.1 Å². The maximum atomic E-state index is 13.1. The minimum atomic E-state index is -0.277. The molecule has 0 atom stereocenters. The van der Waals surface area contributed by atoms with E-state index in [1.807, 2.05) is 13.8 Å². The number of anilines is 1. The lowest BCUT2D eigenvalue weighted by Crippen LogP contribution is -2.01. The molecule has 1 heterocycles. The quantitative estimate of drug-likeness (QED) is 0.775. The molecule has 0 amide bonds. The van der Waals surface area contributed by atoms with Crippen LogP contribution in [0, 0.1) is 19.7 Å². The smallest absolute Gasteiger partial charge is 0.205 e. The van der Waals surface area contributed by atoms with Crippen LogP contribution in [0.3, 0.4) is 0 Å². The fourth-order valence-corrected chi connectivity index (χ4v) is 1.55. The Kier molecular flexibility index (Phi) is 2.19. The highest BCUT2D eigenvalue weighted by Crippen LogP contribution is 2.19. The number of imidazole rings is 1. The molecule has 0 spiro atoms. The molecule has 1 aromatic carbocycles. The Bertz CT molecular complexity index is 503. The van der Waals surface area contributed by atoms with Gasteiger partial charge in [-0.2, -0.15) is 0 Å². The Morgan fingerprint density at radius 2 is 2.07 bits per heavy atom. The van der Waals surface area contributed by atoms with Gasteiger partial charge in [-0.3, -0.25) is 4.57 Å². The van der Waals surface area contributed by atoms with Crippen molar-refractivity contribution in [2.24, 2.45) is 0 Å². The van der Waals surface area contributed by atoms with Crippen LogP contribution in [0.4, 0.5) is 10.3 Å². The van der Waals surface area contributed by atoms with Gasteiger partial charge in [0.05, 0.1) is 11.4 Å². The molecule has 0 saturated heterocycles. The van der Waals surface area contributed by atoms with Crippen molar-refractivity contribution in [1.29, 1.82) is 0 Å². The number of nitrogens with zero attached hydrogens (tertiary/aromatic N) is 2. The van der Waals surface area contributed by atoms with Gasteiger partial charge in [-0.05, 0) is 31.5 Å². The van der Waals surface area contributed by atoms with Crippen LogP contribution in [0.2, 0.25) is 0 Å². The number of nitrogen functional groups attached to an aromatic ring is 1. The van der Waals surface area contributed by atoms with Crippen LogP contribution < -0.4 is 5.73 Å². The average molecular weight is 205 g/mol. The van der Waals surface area contributed by atoms with Crippen LogP contribution in [0.25, 0.3) is 5.69 Å². The van der Waals surface area contributed by atoms with E-state index in [-0.39, 0.29) is 5.82 Å². The topological polar surface area (TPSA) is 43.8 Å². The minimum Gasteiger partial charge on any atom is -0.369 e. The third kappa shape index (κ3) is 1.70. The van der Waals surface area contributed by atoms with E-state index >= 15 is 0 Å². The van der Waals surface area contributed by atoms with E-state index < -0.39 is 0 Å². The van der Waals surface area contributed by atoms with Crippen LogP contribution in [0.15, 0.2) is 24.4 Å². The molecule has 2 rings (SSSR count). The molecule has 0 aliphatic rings. The van der Waals surface area contributed by atoms with E-state index in [2.05, 4.69) is 4.98 Å². The van der Waals surface area contributed by atoms with Gasteiger partial charge in [0.2, 0.25) is 5.95 Å². The van der Waals surface area contributed by atoms with Crippen LogP contribution in [-0.4, -0.2) is 9.55 Å². The van der Waals surface area contributed by atoms with Gasteiger partial charge < -0.3 is 5.73 Å². The summed E-state index contributed by atoms with van der Waals surface area (Å²) in [5.74, 6) is 0.0996. The molecule has 2 aromatic rings. The van der Waals surface area contributed by atoms with Gasteiger partial charge in [0, 0.05) is 6.20 Å². The predicted octanol–water partition coefficient (Wildman–Crippen LogP) is 2.21. The summed E-state index contributed by atoms with van der Waals surface area (Å²) in [6.45, 7) is 3.75. The fourth-order valence-electron chi connectivity index (χ4n) is 1.55. The number of hydrogen-bond acceptors (Lipinski definition) is 2. The zero-order valence-electron chi connectivity index (χ0n) is 8.66. The standard InChI is InChI=1S/C11H12FN3/c1-7-3-4-9(12)5-10(7)15-6-8(2)14-11(15)13/h3-6H,1-2H3,(H2,13,14). The molecule has 0 unspecified atom stereocenters. The first-order valence-electron chi connectivity index (χ1n) is 4.66. The highest BCUT2D eigenvalue weighted by molar-refractivity contribution is 5.46. The Hall–Kier alpha value is -1.84. The Balaban J connectivity index is 2.62. The van der Waals surface area contributed by atoms with Gasteiger partial charge in [-0.1, -0.05) is 6.07 Å². The summed E-state index contributed by atoms with van der Waals surface area (Å²) in [7, 11) is 0. The lowest BCUT2D eigenvalue weighted by Gasteiger charge is -2.07. The normalized spacial score (nSPS) is 10.6. The SMILES string of the molecule is Cc1cn(-c2cc(F)ccc2C)c(N)n1. The van der Waals surface area contributed by atoms with Gasteiger partial charge in [0.15, 0.2) is 0 Å². The number of rotatable bonds is 1. The molecule has 2 N–H and O–H groups in total. The fraction of sp³-hybridized carbons (Fsp3) is 0.182. The largest absolute Gasteiger partial charge is 0.369 e. The maximum absolute atomic E-state index is 13.1. The molecular formula is C11H12FN3. The number of benzene rings is 1. The molecule has 4 heteroatoms. The molecule has 0 bridgehead atoms. The van der Waals surface area contributed by atoms with Gasteiger partial charge in [-0.25, -0.2) is 9.37 Å². The van der Waals surface area contributed by atoms with Crippen molar-refractivity contribution in [3.8, 4) is 5.69 Å². The first-order chi connectivity index (χ1) is 7.08. The number of halogens is 1. The highest BCUT2D eigenvalue weighted by Gasteiger charge is 2.07. The molecule has 3 nitrogen and oxygen atoms in total. The molecule has 0 aliphatic carbocycles. The van der Waals surface area contributed by atoms with E-state index in [4.69, 9.17) is 5.73 Å². The van der Waals surface area contributed by atoms with Crippen molar-refractivity contribution in [2.75, 3.05) is 5.73 Å².